The van der Waals surface area contributed by atoms with Gasteiger partial charge in [-0.3, -0.25) is 9.97 Å². The number of fused-ring (bicyclic) bond motifs is 6. The van der Waals surface area contributed by atoms with Gasteiger partial charge in [-0.05, 0) is 106 Å². The number of aliphatic hydroxyl groups excluding tert-OH is 1. The summed E-state index contributed by atoms with van der Waals surface area (Å²) in [6.07, 6.45) is 25.3. The lowest BCUT2D eigenvalue weighted by Gasteiger charge is -2.38. The summed E-state index contributed by atoms with van der Waals surface area (Å²) in [5, 5.41) is 38.3. The number of nitrogens with one attached hydrogen (secondary N) is 2. The molecule has 0 radical (unpaired) electrons. The highest BCUT2D eigenvalue weighted by Gasteiger charge is 2.41. The molecule has 3 N–H and O–H groups in total. The number of rotatable bonds is 10. The minimum atomic E-state index is -1.79. The average Bonchev–Trinajstić information content (AvgIpc) is 4.29. The van der Waals surface area contributed by atoms with Gasteiger partial charge in [0.2, 0.25) is 11.9 Å². The third kappa shape index (κ3) is 10.6. The summed E-state index contributed by atoms with van der Waals surface area (Å²) in [5.41, 5.74) is 4.13. The zero-order valence-corrected chi connectivity index (χ0v) is 44.5. The highest BCUT2D eigenvalue weighted by atomic mass is 28.4. The maximum atomic E-state index is 9.73. The van der Waals surface area contributed by atoms with Crippen LogP contribution in [0.2, 0.25) is 18.1 Å². The van der Waals surface area contributed by atoms with Gasteiger partial charge in [-0.2, -0.15) is 9.97 Å². The predicted octanol–water partition coefficient (Wildman–Crippen LogP) is 10.2. The number of aliphatic hydroxyl groups is 1. The third-order valence-corrected chi connectivity index (χ3v) is 20.4. The van der Waals surface area contributed by atoms with Gasteiger partial charge in [-0.1, -0.05) is 46.5 Å². The molecule has 20 heteroatoms. The number of hydrogen-bond donors (Lipinski definition) is 3. The molecule has 8 aromatic heterocycles. The monoisotopic (exact) mass is 1020 g/mol. The number of pyridine rings is 2. The molecule has 11 heterocycles. The molecule has 74 heavy (non-hydrogen) atoms. The number of ether oxygens (including phenoxy) is 1. The van der Waals surface area contributed by atoms with Gasteiger partial charge in [0.15, 0.2) is 31.6 Å². The molecule has 388 valence electrons. The predicted molar refractivity (Wildman–Crippen MR) is 293 cm³/mol. The first-order valence-electron chi connectivity index (χ1n) is 26.8. The molecule has 5 fully saturated rings. The first-order chi connectivity index (χ1) is 36.0. The lowest BCUT2D eigenvalue weighted by atomic mass is 10.2. The van der Waals surface area contributed by atoms with E-state index in [-0.39, 0.29) is 17.2 Å². The Morgan fingerprint density at radius 1 is 0.595 bits per heavy atom. The first kappa shape index (κ1) is 49.7. The molecule has 2 atom stereocenters. The third-order valence-electron chi connectivity index (χ3n) is 15.9. The van der Waals surface area contributed by atoms with Crippen LogP contribution in [0.15, 0.2) is 73.6 Å². The fourth-order valence-corrected chi connectivity index (χ4v) is 12.3. The number of nitrogens with zero attached hydrogens (tertiary/aromatic N) is 14. The van der Waals surface area contributed by atoms with Gasteiger partial charge >= 0.3 is 0 Å². The van der Waals surface area contributed by atoms with E-state index in [0.717, 1.165) is 101 Å². The van der Waals surface area contributed by atoms with Gasteiger partial charge in [0.1, 0.15) is 11.3 Å². The van der Waals surface area contributed by atoms with Gasteiger partial charge < -0.3 is 43.8 Å². The first-order valence-corrected chi connectivity index (χ1v) is 29.7. The summed E-state index contributed by atoms with van der Waals surface area (Å²) in [7, 11) is -1.79. The number of anilines is 6. The number of hydrogen-bond acceptors (Lipinski definition) is 17. The van der Waals surface area contributed by atoms with Crippen LogP contribution in [0.5, 0.6) is 0 Å². The molecule has 19 nitrogen and oxygen atoms in total. The van der Waals surface area contributed by atoms with Crippen molar-refractivity contribution < 1.29 is 14.3 Å². The molecule has 2 aliphatic carbocycles. The van der Waals surface area contributed by atoms with E-state index >= 15 is 0 Å². The lowest BCUT2D eigenvalue weighted by molar-refractivity contribution is 0.198. The van der Waals surface area contributed by atoms with Crippen molar-refractivity contribution >= 4 is 87.4 Å². The molecule has 0 unspecified atom stereocenters. The fourth-order valence-electron chi connectivity index (χ4n) is 11.0. The molecule has 13 rings (SSSR count). The van der Waals surface area contributed by atoms with Crippen LogP contribution >= 0.6 is 0 Å². The molecular weight excluding hydrogens is 949 g/mol. The second-order valence-electron chi connectivity index (χ2n) is 22.0. The summed E-state index contributed by atoms with van der Waals surface area (Å²) < 4.78 is 16.3. The van der Waals surface area contributed by atoms with Crippen molar-refractivity contribution in [1.82, 2.24) is 59.4 Å². The largest absolute Gasteiger partial charge is 0.412 e. The number of β-amino-alcohol motifs (C(OH)–C–C–N with tert-alkyl or cyclic N) is 1. The van der Waals surface area contributed by atoms with Crippen molar-refractivity contribution in [3.8, 4) is 0 Å². The quantitative estimate of drug-likeness (QED) is 0.109. The summed E-state index contributed by atoms with van der Waals surface area (Å²) in [4.78, 5) is 32.0. The summed E-state index contributed by atoms with van der Waals surface area (Å²) >= 11 is 0. The number of aromatic nitrogens is 12. The van der Waals surface area contributed by atoms with Crippen LogP contribution in [-0.2, 0) is 9.16 Å². The van der Waals surface area contributed by atoms with Gasteiger partial charge in [0.25, 0.3) is 0 Å². The minimum Gasteiger partial charge on any atom is -0.412 e. The van der Waals surface area contributed by atoms with E-state index in [9.17, 15) is 5.11 Å². The Bertz CT molecular complexity index is 3170. The topological polar surface area (TPSA) is 208 Å². The summed E-state index contributed by atoms with van der Waals surface area (Å²) in [5.74, 6) is 3.90. The van der Waals surface area contributed by atoms with Crippen LogP contribution in [0.1, 0.15) is 110 Å². The molecule has 0 aromatic carbocycles. The van der Waals surface area contributed by atoms with E-state index in [1.165, 1.54) is 64.2 Å². The maximum absolute atomic E-state index is 9.73. The molecule has 0 bridgehead atoms. The second-order valence-corrected chi connectivity index (χ2v) is 26.8. The normalized spacial score (nSPS) is 19.7. The Labute approximate surface area is 433 Å². The minimum absolute atomic E-state index is 0.209. The van der Waals surface area contributed by atoms with Gasteiger partial charge in [0.05, 0.1) is 35.6 Å². The van der Waals surface area contributed by atoms with E-state index in [4.69, 9.17) is 19.1 Å². The smallest absolute Gasteiger partial charge is 0.230 e. The highest BCUT2D eigenvalue weighted by Crippen LogP contribution is 2.41. The van der Waals surface area contributed by atoms with Gasteiger partial charge in [-0.15, -0.1) is 20.4 Å². The standard InChI is InChI=1S/C28H38N8OSi.C22H24N8O.C4H8O/c1-28(2,3)38(4,5)37-20-13-15-35(18-20)25-11-10-24(33-34-25)31-27-30-16-22-21-12-14-29-17-23(21)36(26(22)32-27)19-8-6-7-9-19;31-15-8-10-29(13-15)20-6-5-19(27-28-20)25-22-24-11-17-16-7-9-23-12-18(16)30(21(17)26-22)14-3-1-2-4-14;1-2-4-5-3-1/h10-12,14,16-17,19-20H,6-9,13,15,18H2,1-5H3,(H,30,31,32,33);5-7,9,11-12,14-15,31H,1-4,8,10,13H2,(H,24,25,26,27);1-4H2/t20-;15-;/m11./s1. The van der Waals surface area contributed by atoms with Crippen molar-refractivity contribution in [3.05, 3.63) is 73.6 Å². The van der Waals surface area contributed by atoms with E-state index in [0.29, 0.717) is 42.2 Å². The van der Waals surface area contributed by atoms with Crippen molar-refractivity contribution in [1.29, 1.82) is 0 Å². The van der Waals surface area contributed by atoms with Gasteiger partial charge in [-0.25, -0.2) is 9.97 Å². The summed E-state index contributed by atoms with van der Waals surface area (Å²) in [6, 6.07) is 12.7. The SMILES string of the molecule is C1CCOC1.CC(C)(C)[Si](C)(C)O[C@@H]1CCN(c2ccc(Nc3ncc4c5ccncc5n(C5CCCC5)c4n3)nn2)C1.O[C@@H]1CCN(c2ccc(Nc3ncc4c5ccncc5n(C5CCCC5)c4n3)nn2)C1. The van der Waals surface area contributed by atoms with Crippen molar-refractivity contribution in [3.63, 3.8) is 0 Å². The molecule has 3 aliphatic heterocycles. The van der Waals surface area contributed by atoms with E-state index in [2.05, 4.69) is 105 Å². The Balaban J connectivity index is 0.000000147. The lowest BCUT2D eigenvalue weighted by Crippen LogP contribution is -2.44. The zero-order valence-electron chi connectivity index (χ0n) is 43.5. The second kappa shape index (κ2) is 21.4. The maximum Gasteiger partial charge on any atom is 0.230 e. The Morgan fingerprint density at radius 2 is 1.09 bits per heavy atom. The Hall–Kier alpha value is -6.48. The van der Waals surface area contributed by atoms with Crippen LogP contribution in [-0.4, -0.2) is 124 Å². The molecule has 3 saturated heterocycles. The summed E-state index contributed by atoms with van der Waals surface area (Å²) in [6.45, 7) is 16.7. The Morgan fingerprint density at radius 3 is 1.53 bits per heavy atom. The van der Waals surface area contributed by atoms with Crippen LogP contribution in [0.3, 0.4) is 0 Å². The van der Waals surface area contributed by atoms with E-state index in [1.807, 2.05) is 72.4 Å². The van der Waals surface area contributed by atoms with Crippen LogP contribution in [0, 0.1) is 0 Å². The molecule has 2 saturated carbocycles. The zero-order chi connectivity index (χ0) is 50.8. The van der Waals surface area contributed by atoms with Gasteiger partial charge in [0, 0.05) is 97.8 Å². The van der Waals surface area contributed by atoms with Crippen LogP contribution < -0.4 is 20.4 Å². The van der Waals surface area contributed by atoms with Crippen molar-refractivity contribution in [2.75, 3.05) is 59.8 Å². The fraction of sp³-hybridized carbons (Fsp3) is 0.519. The van der Waals surface area contributed by atoms with E-state index < -0.39 is 8.32 Å². The van der Waals surface area contributed by atoms with Crippen molar-refractivity contribution in [2.45, 2.75) is 140 Å². The molecular formula is C54H70N16O3Si. The van der Waals surface area contributed by atoms with Crippen molar-refractivity contribution in [2.24, 2.45) is 0 Å². The average molecular weight is 1020 g/mol. The molecule has 0 spiro atoms. The molecule has 5 aliphatic rings. The van der Waals surface area contributed by atoms with E-state index in [1.54, 1.807) is 0 Å². The molecule has 8 aromatic rings. The Kier molecular flexibility index (Phi) is 14.4. The highest BCUT2D eigenvalue weighted by molar-refractivity contribution is 6.74. The van der Waals surface area contributed by atoms with Crippen LogP contribution in [0.4, 0.5) is 35.2 Å². The van der Waals surface area contributed by atoms with Crippen LogP contribution in [0.25, 0.3) is 43.9 Å². The molecule has 0 amide bonds.